The van der Waals surface area contributed by atoms with Crippen LogP contribution in [-0.2, 0) is 16.2 Å². The summed E-state index contributed by atoms with van der Waals surface area (Å²) in [4.78, 5) is 10.9. The Hall–Kier alpha value is -3.77. The molecule has 0 saturated heterocycles. The van der Waals surface area contributed by atoms with Crippen LogP contribution in [0.5, 0.6) is 0 Å². The molecular formula is C22H14F3NO4S. The molecule has 0 spiro atoms. The molecule has 0 aliphatic carbocycles. The molecule has 0 aliphatic heterocycles. The van der Waals surface area contributed by atoms with E-state index in [4.69, 9.17) is 0 Å². The van der Waals surface area contributed by atoms with Crippen LogP contribution in [0.4, 0.5) is 18.9 Å². The standard InChI is InChI=1S/C22H14F3NO4S/c23-22(24,25)17-5-3-4-16(14-17)9-8-15-10-12-18(13-11-15)26-31(29,30)20-7-2-1-6-19(20)21(27)28/h1-7,10-14,26H,(H,27,28). The molecule has 3 aromatic rings. The molecule has 0 unspecified atom stereocenters. The molecule has 0 atom stereocenters. The predicted molar refractivity (Wildman–Crippen MR) is 108 cm³/mol. The van der Waals surface area contributed by atoms with Crippen molar-refractivity contribution in [1.29, 1.82) is 0 Å². The van der Waals surface area contributed by atoms with Crippen molar-refractivity contribution >= 4 is 21.7 Å². The van der Waals surface area contributed by atoms with Gasteiger partial charge in [-0.1, -0.05) is 30.0 Å². The number of hydrogen-bond acceptors (Lipinski definition) is 3. The van der Waals surface area contributed by atoms with Crippen LogP contribution in [0.1, 0.15) is 27.0 Å². The van der Waals surface area contributed by atoms with Crippen LogP contribution in [0.15, 0.2) is 77.7 Å². The summed E-state index contributed by atoms with van der Waals surface area (Å²) in [7, 11) is -4.15. The topological polar surface area (TPSA) is 83.5 Å². The van der Waals surface area contributed by atoms with E-state index >= 15 is 0 Å². The minimum atomic E-state index is -4.46. The lowest BCUT2D eigenvalue weighted by Gasteiger charge is -2.10. The Morgan fingerprint density at radius 2 is 1.52 bits per heavy atom. The molecule has 0 aromatic heterocycles. The summed E-state index contributed by atoms with van der Waals surface area (Å²) in [6.45, 7) is 0. The zero-order chi connectivity index (χ0) is 22.6. The van der Waals surface area contributed by atoms with E-state index < -0.39 is 27.7 Å². The normalized spacial score (nSPS) is 11.3. The summed E-state index contributed by atoms with van der Waals surface area (Å²) in [6, 6.07) is 15.6. The van der Waals surface area contributed by atoms with Gasteiger partial charge in [0.2, 0.25) is 0 Å². The molecule has 0 bridgehead atoms. The van der Waals surface area contributed by atoms with Crippen LogP contribution in [0, 0.1) is 11.8 Å². The second-order valence-corrected chi connectivity index (χ2v) is 7.96. The molecule has 9 heteroatoms. The zero-order valence-electron chi connectivity index (χ0n) is 15.6. The summed E-state index contributed by atoms with van der Waals surface area (Å²) in [5, 5.41) is 9.18. The average Bonchev–Trinajstić information content (AvgIpc) is 2.72. The van der Waals surface area contributed by atoms with E-state index in [1.807, 2.05) is 0 Å². The van der Waals surface area contributed by atoms with E-state index in [0.717, 1.165) is 12.1 Å². The Morgan fingerprint density at radius 3 is 2.16 bits per heavy atom. The van der Waals surface area contributed by atoms with Crippen LogP contribution < -0.4 is 4.72 Å². The third-order valence-electron chi connectivity index (χ3n) is 4.09. The van der Waals surface area contributed by atoms with Gasteiger partial charge in [-0.25, -0.2) is 13.2 Å². The van der Waals surface area contributed by atoms with Gasteiger partial charge in [0, 0.05) is 16.8 Å². The van der Waals surface area contributed by atoms with Crippen molar-refractivity contribution in [3.8, 4) is 11.8 Å². The predicted octanol–water partition coefficient (Wildman–Crippen LogP) is 4.60. The fourth-order valence-corrected chi connectivity index (χ4v) is 3.89. The fraction of sp³-hybridized carbons (Fsp3) is 0.0455. The van der Waals surface area contributed by atoms with Gasteiger partial charge in [0.25, 0.3) is 10.0 Å². The molecule has 0 fully saturated rings. The van der Waals surface area contributed by atoms with Gasteiger partial charge in [-0.15, -0.1) is 0 Å². The Bertz CT molecular complexity index is 1290. The zero-order valence-corrected chi connectivity index (χ0v) is 16.5. The lowest BCUT2D eigenvalue weighted by atomic mass is 10.1. The van der Waals surface area contributed by atoms with E-state index in [1.165, 1.54) is 60.7 Å². The third kappa shape index (κ3) is 5.43. The van der Waals surface area contributed by atoms with Crippen molar-refractivity contribution in [3.05, 3.63) is 95.1 Å². The minimum Gasteiger partial charge on any atom is -0.478 e. The summed E-state index contributed by atoms with van der Waals surface area (Å²) >= 11 is 0. The summed E-state index contributed by atoms with van der Waals surface area (Å²) in [6.07, 6.45) is -4.46. The second kappa shape index (κ2) is 8.53. The van der Waals surface area contributed by atoms with Gasteiger partial charge in [0.05, 0.1) is 11.1 Å². The molecule has 0 aliphatic rings. The van der Waals surface area contributed by atoms with Gasteiger partial charge in [-0.05, 0) is 54.6 Å². The van der Waals surface area contributed by atoms with Crippen molar-refractivity contribution in [2.75, 3.05) is 4.72 Å². The molecule has 0 saturated carbocycles. The van der Waals surface area contributed by atoms with E-state index in [1.54, 1.807) is 0 Å². The highest BCUT2D eigenvalue weighted by Crippen LogP contribution is 2.29. The monoisotopic (exact) mass is 445 g/mol. The van der Waals surface area contributed by atoms with Gasteiger partial charge >= 0.3 is 12.1 Å². The van der Waals surface area contributed by atoms with Crippen LogP contribution in [0.2, 0.25) is 0 Å². The van der Waals surface area contributed by atoms with Crippen molar-refractivity contribution in [3.63, 3.8) is 0 Å². The lowest BCUT2D eigenvalue weighted by molar-refractivity contribution is -0.137. The van der Waals surface area contributed by atoms with Gasteiger partial charge in [-0.3, -0.25) is 4.72 Å². The molecule has 5 nitrogen and oxygen atoms in total. The molecule has 31 heavy (non-hydrogen) atoms. The molecular weight excluding hydrogens is 431 g/mol. The Kier molecular flexibility index (Phi) is 6.04. The number of rotatable bonds is 4. The highest BCUT2D eigenvalue weighted by atomic mass is 32.2. The number of nitrogens with one attached hydrogen (secondary N) is 1. The lowest BCUT2D eigenvalue weighted by Crippen LogP contribution is -2.16. The first-order valence-electron chi connectivity index (χ1n) is 8.71. The van der Waals surface area contributed by atoms with Gasteiger partial charge < -0.3 is 5.11 Å². The van der Waals surface area contributed by atoms with E-state index in [9.17, 15) is 31.5 Å². The summed E-state index contributed by atoms with van der Waals surface area (Å²) in [5.74, 6) is 3.97. The highest BCUT2D eigenvalue weighted by Gasteiger charge is 2.30. The number of alkyl halides is 3. The summed E-state index contributed by atoms with van der Waals surface area (Å²) in [5.41, 5.74) is -0.356. The molecule has 158 valence electrons. The number of carboxylic acid groups (broad SMARTS) is 1. The van der Waals surface area contributed by atoms with Gasteiger partial charge in [0.1, 0.15) is 4.90 Å². The number of benzene rings is 3. The van der Waals surface area contributed by atoms with Crippen LogP contribution in [0.3, 0.4) is 0 Å². The van der Waals surface area contributed by atoms with E-state index in [0.29, 0.717) is 5.56 Å². The maximum atomic E-state index is 12.8. The third-order valence-corrected chi connectivity index (χ3v) is 5.52. The molecule has 0 heterocycles. The van der Waals surface area contributed by atoms with Crippen molar-refractivity contribution in [2.45, 2.75) is 11.1 Å². The SMILES string of the molecule is O=C(O)c1ccccc1S(=O)(=O)Nc1ccc(C#Cc2cccc(C(F)(F)F)c2)cc1. The number of sulfonamides is 1. The number of hydrogen-bond donors (Lipinski definition) is 2. The van der Waals surface area contributed by atoms with E-state index in [-0.39, 0.29) is 21.7 Å². The first-order chi connectivity index (χ1) is 14.6. The van der Waals surface area contributed by atoms with Crippen LogP contribution in [0.25, 0.3) is 0 Å². The number of anilines is 1. The van der Waals surface area contributed by atoms with Gasteiger partial charge in [0.15, 0.2) is 0 Å². The fourth-order valence-electron chi connectivity index (χ4n) is 2.63. The smallest absolute Gasteiger partial charge is 0.416 e. The van der Waals surface area contributed by atoms with Crippen LogP contribution in [-0.4, -0.2) is 19.5 Å². The number of halogens is 3. The number of carboxylic acids is 1. The van der Waals surface area contributed by atoms with Crippen molar-refractivity contribution in [1.82, 2.24) is 0 Å². The maximum absolute atomic E-state index is 12.8. The van der Waals surface area contributed by atoms with Crippen molar-refractivity contribution < 1.29 is 31.5 Å². The largest absolute Gasteiger partial charge is 0.478 e. The average molecular weight is 445 g/mol. The highest BCUT2D eigenvalue weighted by molar-refractivity contribution is 7.92. The van der Waals surface area contributed by atoms with E-state index in [2.05, 4.69) is 16.6 Å². The number of aromatic carboxylic acids is 1. The van der Waals surface area contributed by atoms with Gasteiger partial charge in [-0.2, -0.15) is 13.2 Å². The Balaban J connectivity index is 1.79. The molecule has 3 aromatic carbocycles. The maximum Gasteiger partial charge on any atom is 0.416 e. The first kappa shape index (κ1) is 21.9. The Morgan fingerprint density at radius 1 is 0.871 bits per heavy atom. The summed E-state index contributed by atoms with van der Waals surface area (Å²) < 4.78 is 65.7. The molecule has 0 radical (unpaired) electrons. The van der Waals surface area contributed by atoms with Crippen molar-refractivity contribution in [2.24, 2.45) is 0 Å². The number of carbonyl (C=O) groups is 1. The molecule has 3 rings (SSSR count). The first-order valence-corrected chi connectivity index (χ1v) is 10.2. The second-order valence-electron chi connectivity index (χ2n) is 6.31. The Labute approximate surface area is 176 Å². The minimum absolute atomic E-state index is 0.171. The quantitative estimate of drug-likeness (QED) is 0.575. The van der Waals surface area contributed by atoms with Crippen LogP contribution >= 0.6 is 0 Å². The molecule has 0 amide bonds. The molecule has 2 N–H and O–H groups in total.